The molecular formula is C11H14N4O2S. The molecule has 0 spiro atoms. The Balaban J connectivity index is 2.09. The van der Waals surface area contributed by atoms with Crippen molar-refractivity contribution in [2.24, 2.45) is 0 Å². The Morgan fingerprint density at radius 2 is 2.00 bits per heavy atom. The van der Waals surface area contributed by atoms with Gasteiger partial charge in [0.05, 0.1) is 11.4 Å². The minimum absolute atomic E-state index is 0.0951. The molecule has 2 aromatic rings. The van der Waals surface area contributed by atoms with Crippen LogP contribution in [0.2, 0.25) is 0 Å². The van der Waals surface area contributed by atoms with Crippen molar-refractivity contribution in [2.75, 3.05) is 0 Å². The maximum Gasteiger partial charge on any atom is 0.240 e. The van der Waals surface area contributed by atoms with E-state index < -0.39 is 10.0 Å². The first-order chi connectivity index (χ1) is 8.62. The summed E-state index contributed by atoms with van der Waals surface area (Å²) in [6, 6.07) is 6.81. The average Bonchev–Trinajstić information content (AvgIpc) is 2.90. The van der Waals surface area contributed by atoms with Crippen LogP contribution in [0.25, 0.3) is 0 Å². The summed E-state index contributed by atoms with van der Waals surface area (Å²) >= 11 is 0. The molecule has 0 saturated heterocycles. The predicted octanol–water partition coefficient (Wildman–Crippen LogP) is 0.846. The molecule has 0 fully saturated rings. The van der Waals surface area contributed by atoms with E-state index in [4.69, 9.17) is 0 Å². The molecule has 96 valence electrons. The molecule has 0 saturated carbocycles. The highest BCUT2D eigenvalue weighted by molar-refractivity contribution is 7.89. The van der Waals surface area contributed by atoms with E-state index >= 15 is 0 Å². The second-order valence-corrected chi connectivity index (χ2v) is 5.52. The average molecular weight is 266 g/mol. The van der Waals surface area contributed by atoms with Gasteiger partial charge in [-0.1, -0.05) is 19.1 Å². The normalized spacial score (nSPS) is 11.6. The second kappa shape index (κ2) is 5.28. The minimum Gasteiger partial charge on any atom is -0.262 e. The molecule has 0 bridgehead atoms. The van der Waals surface area contributed by atoms with Gasteiger partial charge in [-0.2, -0.15) is 5.10 Å². The van der Waals surface area contributed by atoms with Crippen LogP contribution in [0.3, 0.4) is 0 Å². The number of nitrogens with one attached hydrogen (secondary N) is 2. The highest BCUT2D eigenvalue weighted by atomic mass is 32.2. The second-order valence-electron chi connectivity index (χ2n) is 3.75. The number of hydrogen-bond acceptors (Lipinski definition) is 4. The number of sulfonamides is 1. The molecule has 2 rings (SSSR count). The zero-order chi connectivity index (χ0) is 13.0. The Morgan fingerprint density at radius 1 is 1.28 bits per heavy atom. The van der Waals surface area contributed by atoms with Crippen LogP contribution >= 0.6 is 0 Å². The third-order valence-electron chi connectivity index (χ3n) is 2.54. The molecule has 0 aliphatic rings. The van der Waals surface area contributed by atoms with Gasteiger partial charge in [0.25, 0.3) is 0 Å². The molecule has 7 heteroatoms. The van der Waals surface area contributed by atoms with Crippen LogP contribution in [-0.4, -0.2) is 23.6 Å². The number of benzene rings is 1. The van der Waals surface area contributed by atoms with Crippen molar-refractivity contribution < 1.29 is 8.42 Å². The van der Waals surface area contributed by atoms with Crippen molar-refractivity contribution in [3.05, 3.63) is 42.0 Å². The first kappa shape index (κ1) is 12.7. The summed E-state index contributed by atoms with van der Waals surface area (Å²) in [6.07, 6.45) is 2.21. The van der Waals surface area contributed by atoms with Crippen molar-refractivity contribution in [1.82, 2.24) is 19.9 Å². The largest absolute Gasteiger partial charge is 0.262 e. The van der Waals surface area contributed by atoms with E-state index in [2.05, 4.69) is 19.9 Å². The van der Waals surface area contributed by atoms with Crippen molar-refractivity contribution in [2.45, 2.75) is 24.8 Å². The van der Waals surface area contributed by atoms with Gasteiger partial charge in [-0.25, -0.2) is 18.1 Å². The van der Waals surface area contributed by atoms with E-state index in [0.29, 0.717) is 5.82 Å². The summed E-state index contributed by atoms with van der Waals surface area (Å²) in [5.41, 5.74) is 1.10. The van der Waals surface area contributed by atoms with Crippen molar-refractivity contribution in [1.29, 1.82) is 0 Å². The van der Waals surface area contributed by atoms with Gasteiger partial charge in [-0.15, -0.1) is 0 Å². The molecule has 0 atom stereocenters. The number of aromatic amines is 1. The molecule has 0 unspecified atom stereocenters. The monoisotopic (exact) mass is 266 g/mol. The summed E-state index contributed by atoms with van der Waals surface area (Å²) in [5, 5.41) is 6.24. The number of rotatable bonds is 5. The Hall–Kier alpha value is -1.73. The van der Waals surface area contributed by atoms with Crippen LogP contribution in [-0.2, 0) is 23.0 Å². The fourth-order valence-corrected chi connectivity index (χ4v) is 2.45. The van der Waals surface area contributed by atoms with Gasteiger partial charge in [0.1, 0.15) is 12.2 Å². The van der Waals surface area contributed by atoms with E-state index in [1.807, 2.05) is 19.1 Å². The van der Waals surface area contributed by atoms with Crippen molar-refractivity contribution in [3.63, 3.8) is 0 Å². The summed E-state index contributed by atoms with van der Waals surface area (Å²) < 4.78 is 26.4. The highest BCUT2D eigenvalue weighted by Crippen LogP contribution is 2.11. The van der Waals surface area contributed by atoms with Gasteiger partial charge in [-0.05, 0) is 24.1 Å². The maximum atomic E-state index is 12.0. The lowest BCUT2D eigenvalue weighted by molar-refractivity contribution is 0.579. The molecule has 1 aromatic carbocycles. The fraction of sp³-hybridized carbons (Fsp3) is 0.273. The van der Waals surface area contributed by atoms with E-state index in [-0.39, 0.29) is 11.4 Å². The number of nitrogens with zero attached hydrogens (tertiary/aromatic N) is 2. The van der Waals surface area contributed by atoms with Gasteiger partial charge >= 0.3 is 0 Å². The molecule has 1 heterocycles. The zero-order valence-electron chi connectivity index (χ0n) is 9.92. The quantitative estimate of drug-likeness (QED) is 0.839. The van der Waals surface area contributed by atoms with Gasteiger partial charge in [0, 0.05) is 0 Å². The molecule has 0 aliphatic heterocycles. The Labute approximate surface area is 106 Å². The lowest BCUT2D eigenvalue weighted by Crippen LogP contribution is -2.23. The molecule has 18 heavy (non-hydrogen) atoms. The zero-order valence-corrected chi connectivity index (χ0v) is 10.7. The summed E-state index contributed by atoms with van der Waals surface area (Å²) in [6.45, 7) is 2.11. The van der Waals surface area contributed by atoms with Crippen LogP contribution in [0, 0.1) is 0 Å². The molecular weight excluding hydrogens is 252 g/mol. The van der Waals surface area contributed by atoms with Crippen LogP contribution in [0.5, 0.6) is 0 Å². The number of H-pyrrole nitrogens is 1. The molecule has 0 aliphatic carbocycles. The highest BCUT2D eigenvalue weighted by Gasteiger charge is 2.13. The lowest BCUT2D eigenvalue weighted by atomic mass is 10.2. The number of hydrogen-bond donors (Lipinski definition) is 2. The van der Waals surface area contributed by atoms with Crippen LogP contribution in [0.4, 0.5) is 0 Å². The summed E-state index contributed by atoms with van der Waals surface area (Å²) in [7, 11) is -3.50. The number of aromatic nitrogens is 3. The van der Waals surface area contributed by atoms with E-state index in [9.17, 15) is 8.42 Å². The van der Waals surface area contributed by atoms with Crippen LogP contribution < -0.4 is 4.72 Å². The first-order valence-electron chi connectivity index (χ1n) is 5.54. The van der Waals surface area contributed by atoms with Gasteiger partial charge in [-0.3, -0.25) is 5.10 Å². The fourth-order valence-electron chi connectivity index (χ4n) is 1.47. The van der Waals surface area contributed by atoms with Gasteiger partial charge in [0.2, 0.25) is 10.0 Å². The predicted molar refractivity (Wildman–Crippen MR) is 66.2 cm³/mol. The van der Waals surface area contributed by atoms with Crippen molar-refractivity contribution in [3.8, 4) is 0 Å². The van der Waals surface area contributed by atoms with E-state index in [1.54, 1.807) is 12.1 Å². The summed E-state index contributed by atoms with van der Waals surface area (Å²) in [5.74, 6) is 0.476. The van der Waals surface area contributed by atoms with E-state index in [1.165, 1.54) is 6.33 Å². The van der Waals surface area contributed by atoms with E-state index in [0.717, 1.165) is 12.0 Å². The van der Waals surface area contributed by atoms with Crippen LogP contribution in [0.15, 0.2) is 35.5 Å². The van der Waals surface area contributed by atoms with Crippen LogP contribution in [0.1, 0.15) is 18.3 Å². The van der Waals surface area contributed by atoms with Gasteiger partial charge < -0.3 is 0 Å². The van der Waals surface area contributed by atoms with Gasteiger partial charge in [0.15, 0.2) is 0 Å². The topological polar surface area (TPSA) is 87.7 Å². The molecule has 6 nitrogen and oxygen atoms in total. The van der Waals surface area contributed by atoms with Crippen molar-refractivity contribution >= 4 is 10.0 Å². The minimum atomic E-state index is -3.50. The standard InChI is InChI=1S/C11H14N4O2S/c1-2-9-3-5-10(6-4-9)18(16,17)14-7-11-12-8-13-15-11/h3-6,8,14H,2,7H2,1H3,(H,12,13,15). The molecule has 1 aromatic heterocycles. The molecule has 0 amide bonds. The Kier molecular flexibility index (Phi) is 3.73. The molecule has 2 N–H and O–H groups in total. The molecule has 0 radical (unpaired) electrons. The smallest absolute Gasteiger partial charge is 0.240 e. The Bertz CT molecular complexity index is 590. The third kappa shape index (κ3) is 2.93. The SMILES string of the molecule is CCc1ccc(S(=O)(=O)NCc2ncn[nH]2)cc1. The lowest BCUT2D eigenvalue weighted by Gasteiger charge is -2.05. The number of aryl methyl sites for hydroxylation is 1. The summed E-state index contributed by atoms with van der Waals surface area (Å²) in [4.78, 5) is 4.10. The Morgan fingerprint density at radius 3 is 2.56 bits per heavy atom. The maximum absolute atomic E-state index is 12.0. The third-order valence-corrected chi connectivity index (χ3v) is 3.95. The first-order valence-corrected chi connectivity index (χ1v) is 7.03.